The highest BCUT2D eigenvalue weighted by Crippen LogP contribution is 2.28. The topological polar surface area (TPSA) is 50.7 Å². The molecule has 0 aliphatic heterocycles. The summed E-state index contributed by atoms with van der Waals surface area (Å²) >= 11 is 0. The fraction of sp³-hybridized carbons (Fsp3) is 0.417. The molecule has 31 heavy (non-hydrogen) atoms. The lowest BCUT2D eigenvalue weighted by Gasteiger charge is -2.07. The molecule has 0 radical (unpaired) electrons. The summed E-state index contributed by atoms with van der Waals surface area (Å²) in [5, 5.41) is 2.60. The third-order valence-corrected chi connectivity index (χ3v) is 4.69. The number of rotatable bonds is 11. The molecule has 0 aromatic heterocycles. The van der Waals surface area contributed by atoms with Crippen LogP contribution in [0.3, 0.4) is 0 Å². The lowest BCUT2D eigenvalue weighted by molar-refractivity contribution is -0.137. The Morgan fingerprint density at radius 2 is 1.55 bits per heavy atom. The molecule has 2 rings (SSSR count). The van der Waals surface area contributed by atoms with Crippen LogP contribution in [-0.2, 0) is 6.18 Å². The summed E-state index contributed by atoms with van der Waals surface area (Å²) in [6, 6.07) is 10.8. The summed E-state index contributed by atoms with van der Waals surface area (Å²) in [4.78, 5) is 15.6. The molecular weight excluding hydrogens is 405 g/mol. The highest BCUT2D eigenvalue weighted by atomic mass is 19.4. The number of carbonyl (C=O) groups excluding carboxylic acids is 1. The van der Waals surface area contributed by atoms with Crippen LogP contribution in [0.4, 0.5) is 23.7 Å². The number of amides is 2. The van der Waals surface area contributed by atoms with Gasteiger partial charge in [0, 0.05) is 11.9 Å². The second-order valence-electron chi connectivity index (χ2n) is 7.30. The minimum absolute atomic E-state index is 0.400. The quantitative estimate of drug-likeness (QED) is 0.294. The Hall–Kier alpha value is -2.83. The van der Waals surface area contributed by atoms with Crippen molar-refractivity contribution in [1.82, 2.24) is 0 Å². The largest absolute Gasteiger partial charge is 0.494 e. The molecule has 2 aromatic carbocycles. The highest BCUT2D eigenvalue weighted by molar-refractivity contribution is 5.98. The molecule has 2 aromatic rings. The molecule has 1 N–H and O–H groups in total. The average Bonchev–Trinajstić information content (AvgIpc) is 2.75. The molecule has 0 aliphatic carbocycles. The number of benzene rings is 2. The predicted octanol–water partition coefficient (Wildman–Crippen LogP) is 7.49. The minimum atomic E-state index is -4.39. The van der Waals surface area contributed by atoms with Crippen LogP contribution in [0.5, 0.6) is 5.75 Å². The van der Waals surface area contributed by atoms with Gasteiger partial charge in [0.05, 0.1) is 12.2 Å². The zero-order valence-corrected chi connectivity index (χ0v) is 17.8. The van der Waals surface area contributed by atoms with Gasteiger partial charge in [-0.05, 0) is 48.4 Å². The summed E-state index contributed by atoms with van der Waals surface area (Å²) < 4.78 is 43.4. The Balaban J connectivity index is 1.70. The summed E-state index contributed by atoms with van der Waals surface area (Å²) in [6.45, 7) is 2.87. The van der Waals surface area contributed by atoms with Crippen LogP contribution >= 0.6 is 0 Å². The number of hydrogen-bond acceptors (Lipinski definition) is 2. The van der Waals surface area contributed by atoms with E-state index in [1.54, 1.807) is 24.3 Å². The maximum absolute atomic E-state index is 12.6. The Morgan fingerprint density at radius 1 is 0.935 bits per heavy atom. The number of nitrogens with zero attached hydrogens (tertiary/aromatic N) is 1. The molecule has 0 aliphatic rings. The van der Waals surface area contributed by atoms with Crippen LogP contribution in [0.15, 0.2) is 53.5 Å². The summed E-state index contributed by atoms with van der Waals surface area (Å²) in [5.74, 6) is 0.734. The van der Waals surface area contributed by atoms with Crippen LogP contribution in [0.2, 0.25) is 0 Å². The second-order valence-corrected chi connectivity index (χ2v) is 7.30. The van der Waals surface area contributed by atoms with Crippen molar-refractivity contribution in [2.24, 2.45) is 4.99 Å². The van der Waals surface area contributed by atoms with Crippen LogP contribution in [-0.4, -0.2) is 18.9 Å². The highest BCUT2D eigenvalue weighted by Gasteiger charge is 2.29. The van der Waals surface area contributed by atoms with Gasteiger partial charge in [0.1, 0.15) is 5.75 Å². The van der Waals surface area contributed by atoms with Gasteiger partial charge in [-0.1, -0.05) is 57.6 Å². The molecule has 168 valence electrons. The van der Waals surface area contributed by atoms with E-state index in [0.717, 1.165) is 30.7 Å². The average molecular weight is 435 g/mol. The first kappa shape index (κ1) is 24.4. The van der Waals surface area contributed by atoms with E-state index in [-0.39, 0.29) is 0 Å². The van der Waals surface area contributed by atoms with Crippen molar-refractivity contribution in [3.8, 4) is 5.75 Å². The van der Waals surface area contributed by atoms with Crippen LogP contribution in [0, 0.1) is 0 Å². The number of carbonyl (C=O) groups is 1. The Kier molecular flexibility index (Phi) is 10.1. The van der Waals surface area contributed by atoms with Crippen molar-refractivity contribution in [3.05, 3.63) is 59.7 Å². The molecule has 0 spiro atoms. The number of alkyl halides is 3. The van der Waals surface area contributed by atoms with Gasteiger partial charge in [-0.3, -0.25) is 0 Å². The zero-order valence-electron chi connectivity index (χ0n) is 17.8. The monoisotopic (exact) mass is 434 g/mol. The Morgan fingerprint density at radius 3 is 2.16 bits per heavy atom. The molecule has 0 unspecified atom stereocenters. The molecule has 0 saturated heterocycles. The van der Waals surface area contributed by atoms with E-state index in [2.05, 4.69) is 17.2 Å². The first-order valence-corrected chi connectivity index (χ1v) is 10.6. The van der Waals surface area contributed by atoms with Crippen molar-refractivity contribution in [3.63, 3.8) is 0 Å². The van der Waals surface area contributed by atoms with Gasteiger partial charge in [-0.25, -0.2) is 9.79 Å². The predicted molar refractivity (Wildman–Crippen MR) is 118 cm³/mol. The number of nitrogens with one attached hydrogen (secondary N) is 1. The normalized spacial score (nSPS) is 11.6. The first-order chi connectivity index (χ1) is 14.9. The van der Waals surface area contributed by atoms with E-state index in [9.17, 15) is 18.0 Å². The van der Waals surface area contributed by atoms with Gasteiger partial charge in [-0.15, -0.1) is 0 Å². The smallest absolute Gasteiger partial charge is 0.416 e. The lowest BCUT2D eigenvalue weighted by Crippen LogP contribution is -2.07. The third kappa shape index (κ3) is 9.68. The first-order valence-electron chi connectivity index (χ1n) is 10.6. The molecular formula is C24H29F3N2O2. The molecule has 0 atom stereocenters. The van der Waals surface area contributed by atoms with E-state index in [0.29, 0.717) is 17.9 Å². The fourth-order valence-corrected chi connectivity index (χ4v) is 2.93. The van der Waals surface area contributed by atoms with Gasteiger partial charge < -0.3 is 10.1 Å². The van der Waals surface area contributed by atoms with E-state index >= 15 is 0 Å². The SMILES string of the molecule is CCCCCCCCCOc1ccc(NC(=O)/N=C/c2ccc(C(F)(F)F)cc2)cc1. The standard InChI is InChI=1S/C24H29F3N2O2/c1-2-3-4-5-6-7-8-17-31-22-15-13-21(14-16-22)29-23(30)28-18-19-9-11-20(12-10-19)24(25,26)27/h9-16,18H,2-8,17H2,1H3,(H,29,30)/b28-18+. The van der Waals surface area contributed by atoms with Gasteiger partial charge in [0.2, 0.25) is 0 Å². The molecule has 2 amide bonds. The van der Waals surface area contributed by atoms with Crippen molar-refractivity contribution in [2.75, 3.05) is 11.9 Å². The number of hydrogen-bond donors (Lipinski definition) is 1. The lowest BCUT2D eigenvalue weighted by atomic mass is 10.1. The molecule has 0 bridgehead atoms. The number of urea groups is 1. The van der Waals surface area contributed by atoms with Crippen molar-refractivity contribution in [2.45, 2.75) is 58.0 Å². The Bertz CT molecular complexity index is 816. The number of anilines is 1. The van der Waals surface area contributed by atoms with Crippen LogP contribution in [0.25, 0.3) is 0 Å². The van der Waals surface area contributed by atoms with Gasteiger partial charge in [-0.2, -0.15) is 13.2 Å². The zero-order chi connectivity index (χ0) is 22.5. The van der Waals surface area contributed by atoms with Crippen molar-refractivity contribution < 1.29 is 22.7 Å². The molecule has 0 saturated carbocycles. The number of halogens is 3. The minimum Gasteiger partial charge on any atom is -0.494 e. The van der Waals surface area contributed by atoms with Crippen LogP contribution < -0.4 is 10.1 Å². The van der Waals surface area contributed by atoms with Crippen LogP contribution in [0.1, 0.15) is 63.0 Å². The number of aliphatic imine (C=N–C) groups is 1. The maximum Gasteiger partial charge on any atom is 0.416 e. The maximum atomic E-state index is 12.6. The van der Waals surface area contributed by atoms with E-state index < -0.39 is 17.8 Å². The van der Waals surface area contributed by atoms with Gasteiger partial charge in [0.15, 0.2) is 0 Å². The summed E-state index contributed by atoms with van der Waals surface area (Å²) in [6.07, 6.45) is 5.39. The second kappa shape index (κ2) is 12.8. The molecule has 7 heteroatoms. The van der Waals surface area contributed by atoms with Crippen molar-refractivity contribution >= 4 is 17.9 Å². The van der Waals surface area contributed by atoms with E-state index in [1.165, 1.54) is 50.5 Å². The van der Waals surface area contributed by atoms with Crippen molar-refractivity contribution in [1.29, 1.82) is 0 Å². The molecule has 0 heterocycles. The fourth-order valence-electron chi connectivity index (χ4n) is 2.93. The Labute approximate surface area is 181 Å². The third-order valence-electron chi connectivity index (χ3n) is 4.69. The summed E-state index contributed by atoms with van der Waals surface area (Å²) in [7, 11) is 0. The van der Waals surface area contributed by atoms with E-state index in [1.807, 2.05) is 0 Å². The number of unbranched alkanes of at least 4 members (excludes halogenated alkanes) is 6. The molecule has 4 nitrogen and oxygen atoms in total. The molecule has 0 fully saturated rings. The van der Waals surface area contributed by atoms with Gasteiger partial charge >= 0.3 is 12.2 Å². The number of ether oxygens (including phenoxy) is 1. The van der Waals surface area contributed by atoms with Gasteiger partial charge in [0.25, 0.3) is 0 Å². The summed E-state index contributed by atoms with van der Waals surface area (Å²) in [5.41, 5.74) is 0.207. The van der Waals surface area contributed by atoms with E-state index in [4.69, 9.17) is 4.74 Å².